The number of fused-ring (bicyclic) bond motifs is 2. The van der Waals surface area contributed by atoms with Crippen molar-refractivity contribution in [1.82, 2.24) is 4.57 Å². The Kier molecular flexibility index (Phi) is 8.06. The number of nitrogens with zero attached hydrogens (tertiary/aromatic N) is 2. The predicted molar refractivity (Wildman–Crippen MR) is 164 cm³/mol. The molecule has 0 aliphatic carbocycles. The summed E-state index contributed by atoms with van der Waals surface area (Å²) in [6.45, 7) is -0.411. The van der Waals surface area contributed by atoms with Crippen LogP contribution in [0.4, 0.5) is 24.5 Å². The van der Waals surface area contributed by atoms with E-state index in [0.717, 1.165) is 46.2 Å². The van der Waals surface area contributed by atoms with Gasteiger partial charge in [0.25, 0.3) is 0 Å². The second-order valence-corrected chi connectivity index (χ2v) is 12.6. The fourth-order valence-corrected chi connectivity index (χ4v) is 8.37. The molecule has 0 saturated carbocycles. The molecule has 10 nitrogen and oxygen atoms in total. The highest BCUT2D eigenvalue weighted by Crippen LogP contribution is 2.54. The van der Waals surface area contributed by atoms with Gasteiger partial charge in [-0.05, 0) is 60.2 Å². The topological polar surface area (TPSA) is 127 Å². The summed E-state index contributed by atoms with van der Waals surface area (Å²) in [5.74, 6) is -3.60. The van der Waals surface area contributed by atoms with Gasteiger partial charge in [-0.1, -0.05) is 35.2 Å². The second-order valence-electron chi connectivity index (χ2n) is 10.4. The van der Waals surface area contributed by atoms with Crippen LogP contribution in [0.15, 0.2) is 76.6 Å². The molecule has 3 aromatic carbocycles. The highest BCUT2D eigenvalue weighted by Gasteiger charge is 2.57. The number of ether oxygens (including phenoxy) is 2. The lowest BCUT2D eigenvalue weighted by Crippen LogP contribution is -2.33. The predicted octanol–water partition coefficient (Wildman–Crippen LogP) is 5.09. The number of methoxy groups -OCH3 is 2. The Morgan fingerprint density at radius 1 is 0.978 bits per heavy atom. The first kappa shape index (κ1) is 31.2. The maximum absolute atomic E-state index is 14.0. The van der Waals surface area contributed by atoms with Crippen LogP contribution in [-0.2, 0) is 27.1 Å². The molecule has 3 amide bonds. The molecule has 1 aromatic heterocycles. The zero-order chi connectivity index (χ0) is 32.9. The number of amides is 3. The number of thioether (sulfide) groups is 1. The number of rotatable bonds is 7. The van der Waals surface area contributed by atoms with Crippen LogP contribution in [0.2, 0.25) is 0 Å². The van der Waals surface area contributed by atoms with Crippen LogP contribution in [-0.4, -0.2) is 46.9 Å². The Morgan fingerprint density at radius 2 is 1.72 bits per heavy atom. The van der Waals surface area contributed by atoms with Crippen molar-refractivity contribution in [2.75, 3.05) is 24.4 Å². The molecule has 2 N–H and O–H groups in total. The second kappa shape index (κ2) is 11.9. The van der Waals surface area contributed by atoms with Gasteiger partial charge in [-0.3, -0.25) is 23.7 Å². The number of thiazole rings is 1. The number of alkyl halides is 3. The van der Waals surface area contributed by atoms with Gasteiger partial charge < -0.3 is 19.9 Å². The van der Waals surface area contributed by atoms with Gasteiger partial charge in [-0.25, -0.2) is 4.90 Å². The molecule has 15 heteroatoms. The molecule has 46 heavy (non-hydrogen) atoms. The summed E-state index contributed by atoms with van der Waals surface area (Å²) in [7, 11) is 2.84. The maximum atomic E-state index is 14.0. The average Bonchev–Trinajstić information content (AvgIpc) is 3.47. The summed E-state index contributed by atoms with van der Waals surface area (Å²) >= 11 is 1.72. The number of imide groups is 1. The minimum absolute atomic E-state index is 0.0750. The molecule has 4 aromatic rings. The SMILES string of the molecule is COc1ccc(NC(=O)Cn2c3c(sc2=O)[C@@H](c2ccc(O)c(OC)c2)C2C(=O)N(c4cccc(C(F)(F)F)c4)C(=O)C2S3)cc1. The third-order valence-electron chi connectivity index (χ3n) is 7.72. The molecule has 6 rings (SSSR count). The van der Waals surface area contributed by atoms with Gasteiger partial charge in [0.15, 0.2) is 11.5 Å². The number of aromatic hydroxyl groups is 1. The van der Waals surface area contributed by atoms with E-state index in [0.29, 0.717) is 21.9 Å². The maximum Gasteiger partial charge on any atom is 0.416 e. The molecule has 0 radical (unpaired) electrons. The Hall–Kier alpha value is -4.76. The summed E-state index contributed by atoms with van der Waals surface area (Å²) in [5, 5.41) is 12.1. The van der Waals surface area contributed by atoms with Crippen LogP contribution < -0.4 is 24.6 Å². The molecule has 0 spiro atoms. The number of hydrogen-bond donors (Lipinski definition) is 2. The van der Waals surface area contributed by atoms with E-state index in [1.54, 1.807) is 24.3 Å². The standard InChI is InChI=1S/C31H24F3N3O7S2/c1-43-19-9-7-17(8-10-19)35-22(39)14-36-29-26(46-30(36)42)23(15-6-11-20(38)21(12-15)44-2)24-25(45-29)28(41)37(27(24)40)18-5-3-4-16(13-18)31(32,33)34/h3-13,23-25,38H,14H2,1-2H3,(H,35,39)/t23-,24?,25?/m0/s1. The molecule has 238 valence electrons. The van der Waals surface area contributed by atoms with Crippen molar-refractivity contribution in [2.45, 2.75) is 28.9 Å². The van der Waals surface area contributed by atoms with E-state index < -0.39 is 58.0 Å². The number of nitrogens with one attached hydrogen (secondary N) is 1. The van der Waals surface area contributed by atoms with Crippen molar-refractivity contribution in [2.24, 2.45) is 5.92 Å². The summed E-state index contributed by atoms with van der Waals surface area (Å²) in [5.41, 5.74) is -0.377. The van der Waals surface area contributed by atoms with Crippen molar-refractivity contribution in [3.05, 3.63) is 92.4 Å². The Bertz CT molecular complexity index is 1920. The zero-order valence-electron chi connectivity index (χ0n) is 24.0. The van der Waals surface area contributed by atoms with Crippen LogP contribution in [0.3, 0.4) is 0 Å². The monoisotopic (exact) mass is 671 g/mol. The van der Waals surface area contributed by atoms with Gasteiger partial charge in [-0.15, -0.1) is 0 Å². The third-order valence-corrected chi connectivity index (χ3v) is 10.3. The minimum Gasteiger partial charge on any atom is -0.504 e. The largest absolute Gasteiger partial charge is 0.504 e. The van der Waals surface area contributed by atoms with Gasteiger partial charge in [0, 0.05) is 16.5 Å². The number of aromatic nitrogens is 1. The number of phenolic OH excluding ortho intramolecular Hbond substituents is 1. The summed E-state index contributed by atoms with van der Waals surface area (Å²) in [4.78, 5) is 55.0. The smallest absolute Gasteiger partial charge is 0.416 e. The van der Waals surface area contributed by atoms with Crippen molar-refractivity contribution in [1.29, 1.82) is 0 Å². The highest BCUT2D eigenvalue weighted by atomic mass is 32.2. The van der Waals surface area contributed by atoms with Gasteiger partial charge in [0.05, 0.1) is 36.4 Å². The van der Waals surface area contributed by atoms with E-state index in [9.17, 15) is 37.5 Å². The number of halogens is 3. The summed E-state index contributed by atoms with van der Waals surface area (Å²) < 4.78 is 52.2. The van der Waals surface area contributed by atoms with E-state index in [4.69, 9.17) is 9.47 Å². The number of carbonyl (C=O) groups is 3. The van der Waals surface area contributed by atoms with Gasteiger partial charge >= 0.3 is 11.0 Å². The number of carbonyl (C=O) groups excluding carboxylic acids is 3. The molecule has 0 bridgehead atoms. The van der Waals surface area contributed by atoms with Crippen molar-refractivity contribution in [3.8, 4) is 17.2 Å². The Balaban J connectivity index is 1.42. The molecular formula is C31H24F3N3O7S2. The summed E-state index contributed by atoms with van der Waals surface area (Å²) in [6.07, 6.45) is -4.71. The molecule has 2 aliphatic heterocycles. The lowest BCUT2D eigenvalue weighted by atomic mass is 9.83. The third kappa shape index (κ3) is 5.49. The van der Waals surface area contributed by atoms with E-state index >= 15 is 0 Å². The lowest BCUT2D eigenvalue weighted by molar-refractivity contribution is -0.137. The Morgan fingerprint density at radius 3 is 2.39 bits per heavy atom. The van der Waals surface area contributed by atoms with E-state index in [1.807, 2.05) is 0 Å². The van der Waals surface area contributed by atoms with E-state index in [2.05, 4.69) is 5.32 Å². The number of hydrogen-bond acceptors (Lipinski definition) is 9. The number of phenols is 1. The van der Waals surface area contributed by atoms with Crippen LogP contribution in [0.1, 0.15) is 21.9 Å². The summed E-state index contributed by atoms with van der Waals surface area (Å²) in [6, 6.07) is 14.9. The van der Waals surface area contributed by atoms with Crippen LogP contribution in [0.5, 0.6) is 17.2 Å². The average molecular weight is 672 g/mol. The first-order chi connectivity index (χ1) is 21.9. The molecule has 1 fully saturated rings. The normalized spacial score (nSPS) is 19.1. The van der Waals surface area contributed by atoms with Crippen LogP contribution >= 0.6 is 23.1 Å². The fraction of sp³-hybridized carbons (Fsp3) is 0.226. The van der Waals surface area contributed by atoms with Crippen molar-refractivity contribution < 1.29 is 42.1 Å². The molecule has 2 unspecified atom stereocenters. The number of benzene rings is 3. The lowest BCUT2D eigenvalue weighted by Gasteiger charge is -2.31. The van der Waals surface area contributed by atoms with E-state index in [-0.39, 0.29) is 22.2 Å². The van der Waals surface area contributed by atoms with Gasteiger partial charge in [0.1, 0.15) is 17.5 Å². The molecule has 2 aliphatic rings. The van der Waals surface area contributed by atoms with Crippen molar-refractivity contribution in [3.63, 3.8) is 0 Å². The quantitative estimate of drug-likeness (QED) is 0.261. The highest BCUT2D eigenvalue weighted by molar-refractivity contribution is 8.00. The van der Waals surface area contributed by atoms with Gasteiger partial charge in [0.2, 0.25) is 17.7 Å². The van der Waals surface area contributed by atoms with E-state index in [1.165, 1.54) is 43.1 Å². The zero-order valence-corrected chi connectivity index (χ0v) is 25.7. The van der Waals surface area contributed by atoms with Crippen LogP contribution in [0.25, 0.3) is 0 Å². The van der Waals surface area contributed by atoms with Gasteiger partial charge in [-0.2, -0.15) is 13.2 Å². The molecule has 1 saturated heterocycles. The molecular weight excluding hydrogens is 647 g/mol. The first-order valence-corrected chi connectivity index (χ1v) is 15.4. The minimum atomic E-state index is -4.71. The van der Waals surface area contributed by atoms with Crippen molar-refractivity contribution >= 4 is 52.2 Å². The number of anilines is 2. The fourth-order valence-electron chi connectivity index (χ4n) is 5.60. The first-order valence-electron chi connectivity index (χ1n) is 13.7. The molecule has 3 heterocycles. The Labute approximate surface area is 267 Å². The van der Waals surface area contributed by atoms with Crippen LogP contribution in [0, 0.1) is 5.92 Å². The molecule has 3 atom stereocenters.